The zero-order chi connectivity index (χ0) is 15.9. The van der Waals surface area contributed by atoms with Gasteiger partial charge < -0.3 is 10.8 Å². The smallest absolute Gasteiger partial charge is 0.435 e. The predicted molar refractivity (Wildman–Crippen MR) is 84.0 cm³/mol. The van der Waals surface area contributed by atoms with Gasteiger partial charge in [0, 0.05) is 18.5 Å². The Hall–Kier alpha value is -2.14. The number of nitrogens with two attached hydrogens (primary N) is 1. The number of likely N-dealkylation sites (tertiary alicyclic amines) is 1. The van der Waals surface area contributed by atoms with Crippen LogP contribution in [0.1, 0.15) is 37.3 Å². The molecule has 1 aromatic carbocycles. The van der Waals surface area contributed by atoms with Crippen molar-refractivity contribution in [3.05, 3.63) is 34.9 Å². The molecular weight excluding hydrogens is 280 g/mol. The lowest BCUT2D eigenvalue weighted by atomic mass is 10.1. The van der Waals surface area contributed by atoms with Crippen LogP contribution in [-0.4, -0.2) is 34.2 Å². The van der Waals surface area contributed by atoms with Crippen LogP contribution in [0.3, 0.4) is 0 Å². The molecule has 0 radical (unpaired) electrons. The van der Waals surface area contributed by atoms with Crippen molar-refractivity contribution in [2.24, 2.45) is 0 Å². The van der Waals surface area contributed by atoms with E-state index in [1.54, 1.807) is 0 Å². The molecule has 5 heteroatoms. The highest BCUT2D eigenvalue weighted by Gasteiger charge is 2.52. The van der Waals surface area contributed by atoms with Gasteiger partial charge in [0.05, 0.1) is 13.0 Å². The summed E-state index contributed by atoms with van der Waals surface area (Å²) in [6, 6.07) is 5.57. The molecule has 0 bridgehead atoms. The number of hydrogen-bond acceptors (Lipinski definition) is 3. The number of carboxylic acid groups (broad SMARTS) is 1. The predicted octanol–water partition coefficient (Wildman–Crippen LogP) is 2.80. The van der Waals surface area contributed by atoms with E-state index in [-0.39, 0.29) is 18.4 Å². The maximum atomic E-state index is 12.7. The molecule has 5 nitrogen and oxygen atoms in total. The van der Waals surface area contributed by atoms with Crippen molar-refractivity contribution in [2.75, 3.05) is 12.3 Å². The SMILES string of the molecule is C[C@@H]1CCC[N+]1(C(=O)O)C(=O)CC1=Cc2cc(N)ccc2C1. The summed E-state index contributed by atoms with van der Waals surface area (Å²) in [5.74, 6) is -0.204. The maximum absolute atomic E-state index is 12.7. The van der Waals surface area contributed by atoms with Gasteiger partial charge in [-0.1, -0.05) is 17.7 Å². The molecule has 0 aromatic heterocycles. The zero-order valence-electron chi connectivity index (χ0n) is 12.7. The molecule has 1 unspecified atom stereocenters. The van der Waals surface area contributed by atoms with Gasteiger partial charge in [-0.25, -0.2) is 4.79 Å². The van der Waals surface area contributed by atoms with E-state index in [0.29, 0.717) is 18.7 Å². The van der Waals surface area contributed by atoms with E-state index >= 15 is 0 Å². The Morgan fingerprint density at radius 3 is 2.82 bits per heavy atom. The van der Waals surface area contributed by atoms with Crippen LogP contribution in [0.4, 0.5) is 10.5 Å². The number of nitrogen functional groups attached to an aromatic ring is 1. The molecule has 1 saturated heterocycles. The Morgan fingerprint density at radius 2 is 2.18 bits per heavy atom. The Balaban J connectivity index is 1.81. The molecule has 2 aliphatic rings. The fourth-order valence-electron chi connectivity index (χ4n) is 3.71. The summed E-state index contributed by atoms with van der Waals surface area (Å²) >= 11 is 0. The van der Waals surface area contributed by atoms with E-state index in [4.69, 9.17) is 5.73 Å². The minimum Gasteiger partial charge on any atom is -0.435 e. The molecule has 116 valence electrons. The van der Waals surface area contributed by atoms with Crippen molar-refractivity contribution >= 4 is 23.8 Å². The van der Waals surface area contributed by atoms with Crippen LogP contribution in [-0.2, 0) is 11.2 Å². The second-order valence-corrected chi connectivity index (χ2v) is 6.37. The molecule has 1 aromatic rings. The first kappa shape index (κ1) is 14.8. The number of benzene rings is 1. The molecule has 3 rings (SSSR count). The Bertz CT molecular complexity index is 680. The average Bonchev–Trinajstić information content (AvgIpc) is 3.01. The minimum absolute atomic E-state index is 0.148. The van der Waals surface area contributed by atoms with Crippen molar-refractivity contribution in [3.8, 4) is 0 Å². The lowest BCUT2D eigenvalue weighted by molar-refractivity contribution is -0.792. The zero-order valence-corrected chi connectivity index (χ0v) is 12.7. The summed E-state index contributed by atoms with van der Waals surface area (Å²) < 4.78 is -0.421. The maximum Gasteiger partial charge on any atom is 0.521 e. The van der Waals surface area contributed by atoms with E-state index < -0.39 is 10.6 Å². The van der Waals surface area contributed by atoms with Crippen LogP contribution in [0, 0.1) is 0 Å². The first-order valence-corrected chi connectivity index (χ1v) is 7.66. The molecule has 1 heterocycles. The molecule has 2 atom stereocenters. The van der Waals surface area contributed by atoms with Crippen molar-refractivity contribution in [1.82, 2.24) is 0 Å². The quantitative estimate of drug-likeness (QED) is 0.650. The Kier molecular flexibility index (Phi) is 3.53. The summed E-state index contributed by atoms with van der Waals surface area (Å²) in [5, 5.41) is 9.60. The van der Waals surface area contributed by atoms with Gasteiger partial charge in [-0.3, -0.25) is 0 Å². The number of amides is 2. The van der Waals surface area contributed by atoms with Crippen molar-refractivity contribution in [2.45, 2.75) is 38.6 Å². The number of hydrogen-bond donors (Lipinski definition) is 2. The van der Waals surface area contributed by atoms with Crippen LogP contribution < -0.4 is 5.73 Å². The third-order valence-electron chi connectivity index (χ3n) is 5.00. The molecule has 3 N–H and O–H groups in total. The Morgan fingerprint density at radius 1 is 1.41 bits per heavy atom. The summed E-state index contributed by atoms with van der Waals surface area (Å²) in [4.78, 5) is 24.4. The number of nitrogens with zero attached hydrogens (tertiary/aromatic N) is 1. The van der Waals surface area contributed by atoms with Crippen LogP contribution >= 0.6 is 0 Å². The number of fused-ring (bicyclic) bond motifs is 1. The number of imide groups is 1. The van der Waals surface area contributed by atoms with Gasteiger partial charge in [-0.05, 0) is 36.6 Å². The highest BCUT2D eigenvalue weighted by molar-refractivity contribution is 5.84. The Labute approximate surface area is 129 Å². The lowest BCUT2D eigenvalue weighted by Gasteiger charge is -2.29. The van der Waals surface area contributed by atoms with Crippen LogP contribution in [0.5, 0.6) is 0 Å². The molecule has 2 amide bonds. The van der Waals surface area contributed by atoms with Crippen molar-refractivity contribution in [3.63, 3.8) is 0 Å². The van der Waals surface area contributed by atoms with E-state index in [1.165, 1.54) is 0 Å². The number of rotatable bonds is 2. The van der Waals surface area contributed by atoms with Crippen LogP contribution in [0.25, 0.3) is 6.08 Å². The van der Waals surface area contributed by atoms with Crippen LogP contribution in [0.15, 0.2) is 23.8 Å². The van der Waals surface area contributed by atoms with Gasteiger partial charge in [0.2, 0.25) is 0 Å². The molecule has 1 aliphatic heterocycles. The van der Waals surface area contributed by atoms with Gasteiger partial charge in [0.25, 0.3) is 0 Å². The largest absolute Gasteiger partial charge is 0.521 e. The normalized spacial score (nSPS) is 26.6. The highest BCUT2D eigenvalue weighted by Crippen LogP contribution is 2.33. The van der Waals surface area contributed by atoms with Gasteiger partial charge in [0.1, 0.15) is 6.04 Å². The van der Waals surface area contributed by atoms with Crippen molar-refractivity contribution in [1.29, 1.82) is 0 Å². The molecule has 22 heavy (non-hydrogen) atoms. The third-order valence-corrected chi connectivity index (χ3v) is 5.00. The van der Waals surface area contributed by atoms with Crippen LogP contribution in [0.2, 0.25) is 0 Å². The second kappa shape index (κ2) is 5.25. The van der Waals surface area contributed by atoms with E-state index in [9.17, 15) is 14.7 Å². The lowest BCUT2D eigenvalue weighted by Crippen LogP contribution is -2.58. The summed E-state index contributed by atoms with van der Waals surface area (Å²) in [7, 11) is 0. The van der Waals surface area contributed by atoms with Crippen molar-refractivity contribution < 1.29 is 19.2 Å². The number of quaternary nitrogens is 1. The molecule has 0 saturated carbocycles. The van der Waals surface area contributed by atoms with E-state index in [1.807, 2.05) is 31.2 Å². The summed E-state index contributed by atoms with van der Waals surface area (Å²) in [6.45, 7) is 2.26. The fraction of sp³-hybridized carbons (Fsp3) is 0.412. The first-order chi connectivity index (χ1) is 10.4. The average molecular weight is 301 g/mol. The van der Waals surface area contributed by atoms with E-state index in [2.05, 4.69) is 0 Å². The number of anilines is 1. The number of carbonyl (C=O) groups excluding carboxylic acids is 1. The summed E-state index contributed by atoms with van der Waals surface area (Å²) in [6.07, 6.45) is 3.43. The topological polar surface area (TPSA) is 80.4 Å². The fourth-order valence-corrected chi connectivity index (χ4v) is 3.71. The first-order valence-electron chi connectivity index (χ1n) is 7.66. The molecule has 1 aliphatic carbocycles. The number of carbonyl (C=O) groups is 2. The highest BCUT2D eigenvalue weighted by atomic mass is 16.4. The third kappa shape index (κ3) is 2.22. The standard InChI is InChI=1S/C17H20N2O3/c1-11-3-2-6-19(11,17(21)22)16(20)9-12-7-13-4-5-15(18)10-14(13)8-12/h4-5,8,10-11H,2-3,6-7,9,18H2,1H3/p+1/t11-,19?/m1/s1. The molecular formula is C17H21N2O3+. The van der Waals surface area contributed by atoms with Gasteiger partial charge in [-0.2, -0.15) is 9.28 Å². The minimum atomic E-state index is -1.02. The summed E-state index contributed by atoms with van der Waals surface area (Å²) in [5.41, 5.74) is 9.64. The van der Waals surface area contributed by atoms with Gasteiger partial charge in [-0.15, -0.1) is 0 Å². The van der Waals surface area contributed by atoms with Gasteiger partial charge >= 0.3 is 12.0 Å². The van der Waals surface area contributed by atoms with E-state index in [0.717, 1.165) is 29.5 Å². The molecule has 0 spiro atoms. The molecule has 1 fully saturated rings. The van der Waals surface area contributed by atoms with Gasteiger partial charge in [0.15, 0.2) is 0 Å². The second-order valence-electron chi connectivity index (χ2n) is 6.37. The monoisotopic (exact) mass is 301 g/mol.